The van der Waals surface area contributed by atoms with Crippen LogP contribution in [0, 0.1) is 5.92 Å². The summed E-state index contributed by atoms with van der Waals surface area (Å²) in [4.78, 5) is 24.0. The predicted molar refractivity (Wildman–Crippen MR) is 114 cm³/mol. The number of nitrogens with zero attached hydrogens (tertiary/aromatic N) is 2. The van der Waals surface area contributed by atoms with Gasteiger partial charge in [0.2, 0.25) is 5.91 Å². The molecule has 0 bridgehead atoms. The number of anilines is 1. The Kier molecular flexibility index (Phi) is 5.45. The molecule has 2 aromatic heterocycles. The maximum Gasteiger partial charge on any atom is 0.234 e. The lowest BCUT2D eigenvalue weighted by Crippen LogP contribution is -2.15. The van der Waals surface area contributed by atoms with Crippen LogP contribution in [-0.4, -0.2) is 21.6 Å². The number of thioether (sulfide) groups is 1. The van der Waals surface area contributed by atoms with Gasteiger partial charge in [0.15, 0.2) is 0 Å². The summed E-state index contributed by atoms with van der Waals surface area (Å²) in [6.45, 7) is 4.41. The molecule has 1 amide bonds. The third-order valence-corrected chi connectivity index (χ3v) is 7.22. The van der Waals surface area contributed by atoms with E-state index in [9.17, 15) is 4.79 Å². The zero-order chi connectivity index (χ0) is 18.8. The molecular formula is C21H23N3OS2. The van der Waals surface area contributed by atoms with Gasteiger partial charge in [0.25, 0.3) is 0 Å². The van der Waals surface area contributed by atoms with Gasteiger partial charge in [-0.2, -0.15) is 0 Å². The summed E-state index contributed by atoms with van der Waals surface area (Å²) >= 11 is 3.31. The smallest absolute Gasteiger partial charge is 0.234 e. The molecule has 1 aliphatic carbocycles. The molecule has 1 aromatic carbocycles. The number of fused-ring (bicyclic) bond motifs is 3. The molecular weight excluding hydrogens is 374 g/mol. The van der Waals surface area contributed by atoms with Gasteiger partial charge in [-0.15, -0.1) is 11.3 Å². The van der Waals surface area contributed by atoms with Gasteiger partial charge in [0.05, 0.1) is 5.75 Å². The summed E-state index contributed by atoms with van der Waals surface area (Å²) in [7, 11) is 0. The highest BCUT2D eigenvalue weighted by molar-refractivity contribution is 8.00. The van der Waals surface area contributed by atoms with E-state index in [4.69, 9.17) is 0 Å². The van der Waals surface area contributed by atoms with Crippen molar-refractivity contribution in [1.82, 2.24) is 9.97 Å². The van der Waals surface area contributed by atoms with E-state index in [-0.39, 0.29) is 5.91 Å². The zero-order valence-corrected chi connectivity index (χ0v) is 17.3. The fourth-order valence-corrected chi connectivity index (χ4v) is 5.87. The Bertz CT molecular complexity index is 983. The van der Waals surface area contributed by atoms with Crippen LogP contribution in [0.15, 0.2) is 35.6 Å². The van der Waals surface area contributed by atoms with E-state index in [1.807, 2.05) is 18.2 Å². The fourth-order valence-electron chi connectivity index (χ4n) is 3.63. The Labute approximate surface area is 167 Å². The van der Waals surface area contributed by atoms with Crippen LogP contribution >= 0.6 is 23.1 Å². The lowest BCUT2D eigenvalue weighted by Gasteiger charge is -2.18. The molecule has 1 atom stereocenters. The van der Waals surface area contributed by atoms with Crippen LogP contribution in [0.1, 0.15) is 36.3 Å². The number of nitrogens with one attached hydrogen (secondary N) is 1. The summed E-state index contributed by atoms with van der Waals surface area (Å²) in [6, 6.07) is 7.96. The summed E-state index contributed by atoms with van der Waals surface area (Å²) in [6.07, 6.45) is 5.96. The van der Waals surface area contributed by atoms with Gasteiger partial charge in [0.1, 0.15) is 16.2 Å². The predicted octanol–water partition coefficient (Wildman–Crippen LogP) is 5.11. The summed E-state index contributed by atoms with van der Waals surface area (Å²) in [5, 5.41) is 5.15. The van der Waals surface area contributed by atoms with Gasteiger partial charge in [0, 0.05) is 16.0 Å². The van der Waals surface area contributed by atoms with Crippen molar-refractivity contribution in [1.29, 1.82) is 0 Å². The van der Waals surface area contributed by atoms with Gasteiger partial charge < -0.3 is 5.32 Å². The minimum atomic E-state index is 0.00498. The molecule has 4 rings (SSSR count). The topological polar surface area (TPSA) is 54.9 Å². The zero-order valence-electron chi connectivity index (χ0n) is 15.6. The van der Waals surface area contributed by atoms with E-state index in [0.29, 0.717) is 5.75 Å². The lowest BCUT2D eigenvalue weighted by molar-refractivity contribution is -0.113. The van der Waals surface area contributed by atoms with Crippen molar-refractivity contribution in [2.24, 2.45) is 5.92 Å². The molecule has 1 aliphatic rings. The molecule has 3 aromatic rings. The van der Waals surface area contributed by atoms with Crippen molar-refractivity contribution in [3.8, 4) is 0 Å². The molecule has 1 unspecified atom stereocenters. The van der Waals surface area contributed by atoms with E-state index in [1.165, 1.54) is 34.0 Å². The lowest BCUT2D eigenvalue weighted by atomic mass is 9.89. The maximum absolute atomic E-state index is 12.5. The average molecular weight is 398 g/mol. The quantitative estimate of drug-likeness (QED) is 0.480. The first-order valence-corrected chi connectivity index (χ1v) is 11.2. The first kappa shape index (κ1) is 18.4. The number of aryl methyl sites for hydroxylation is 2. The molecule has 0 radical (unpaired) electrons. The molecule has 6 heteroatoms. The largest absolute Gasteiger partial charge is 0.325 e. The molecule has 0 aliphatic heterocycles. The van der Waals surface area contributed by atoms with Crippen molar-refractivity contribution in [3.63, 3.8) is 0 Å². The second kappa shape index (κ2) is 7.98. The number of carbonyl (C=O) groups excluding carboxylic acids is 1. The minimum Gasteiger partial charge on any atom is -0.325 e. The highest BCUT2D eigenvalue weighted by Crippen LogP contribution is 2.40. The van der Waals surface area contributed by atoms with Crippen LogP contribution in [0.5, 0.6) is 0 Å². The third-order valence-electron chi connectivity index (χ3n) is 5.07. The normalized spacial score (nSPS) is 16.3. The molecule has 1 N–H and O–H groups in total. The Balaban J connectivity index is 1.51. The molecule has 0 saturated carbocycles. The average Bonchev–Trinajstić information content (AvgIpc) is 3.04. The Morgan fingerprint density at radius 1 is 1.33 bits per heavy atom. The van der Waals surface area contributed by atoms with Gasteiger partial charge in [-0.05, 0) is 48.8 Å². The summed E-state index contributed by atoms with van der Waals surface area (Å²) in [5.74, 6) is 1.09. The molecule has 140 valence electrons. The molecule has 0 fully saturated rings. The summed E-state index contributed by atoms with van der Waals surface area (Å²) < 4.78 is 0. The second-order valence-corrected chi connectivity index (χ2v) is 9.11. The standard InChI is InChI=1S/C21H23N3OS2/c1-3-14-6-4-5-7-16(14)24-18(25)11-26-20-19-15-9-8-13(2)10-17(15)27-21(19)23-12-22-20/h4-7,12-13H,3,8-11H2,1-2H3,(H,24,25). The van der Waals surface area contributed by atoms with Crippen LogP contribution < -0.4 is 5.32 Å². The minimum absolute atomic E-state index is 0.00498. The maximum atomic E-state index is 12.5. The number of hydrogen-bond donors (Lipinski definition) is 1. The third kappa shape index (κ3) is 3.87. The van der Waals surface area contributed by atoms with E-state index in [0.717, 1.165) is 46.3 Å². The highest BCUT2D eigenvalue weighted by atomic mass is 32.2. The molecule has 0 spiro atoms. The first-order chi connectivity index (χ1) is 13.2. The van der Waals surface area contributed by atoms with Crippen molar-refractivity contribution < 1.29 is 4.79 Å². The number of thiophene rings is 1. The second-order valence-electron chi connectivity index (χ2n) is 7.06. The van der Waals surface area contributed by atoms with E-state index < -0.39 is 0 Å². The molecule has 4 nitrogen and oxygen atoms in total. The van der Waals surface area contributed by atoms with Gasteiger partial charge in [-0.3, -0.25) is 4.79 Å². The van der Waals surface area contributed by atoms with E-state index >= 15 is 0 Å². The van der Waals surface area contributed by atoms with Crippen LogP contribution in [0.2, 0.25) is 0 Å². The van der Waals surface area contributed by atoms with Gasteiger partial charge in [-0.1, -0.05) is 43.8 Å². The van der Waals surface area contributed by atoms with Crippen LogP contribution in [-0.2, 0) is 24.1 Å². The number of benzene rings is 1. The molecule has 27 heavy (non-hydrogen) atoms. The Morgan fingerprint density at radius 2 is 2.19 bits per heavy atom. The van der Waals surface area contributed by atoms with Gasteiger partial charge in [-0.25, -0.2) is 9.97 Å². The number of hydrogen-bond acceptors (Lipinski definition) is 5. The van der Waals surface area contributed by atoms with Crippen molar-refractivity contribution in [2.75, 3.05) is 11.1 Å². The van der Waals surface area contributed by atoms with Crippen molar-refractivity contribution in [2.45, 2.75) is 44.6 Å². The Morgan fingerprint density at radius 3 is 3.04 bits per heavy atom. The van der Waals surface area contributed by atoms with Crippen LogP contribution in [0.3, 0.4) is 0 Å². The number of aromatic nitrogens is 2. The summed E-state index contributed by atoms with van der Waals surface area (Å²) in [5.41, 5.74) is 3.47. The first-order valence-electron chi connectivity index (χ1n) is 9.41. The van der Waals surface area contributed by atoms with E-state index in [1.54, 1.807) is 17.7 Å². The molecule has 0 saturated heterocycles. The number of para-hydroxylation sites is 1. The SMILES string of the molecule is CCc1ccccc1NC(=O)CSc1ncnc2sc3c(c12)CCC(C)C3. The number of amides is 1. The fraction of sp³-hybridized carbons (Fsp3) is 0.381. The Hall–Kier alpha value is -1.92. The van der Waals surface area contributed by atoms with Crippen molar-refractivity contribution >= 4 is 44.9 Å². The number of rotatable bonds is 5. The van der Waals surface area contributed by atoms with Gasteiger partial charge >= 0.3 is 0 Å². The van der Waals surface area contributed by atoms with Crippen molar-refractivity contribution in [3.05, 3.63) is 46.6 Å². The van der Waals surface area contributed by atoms with E-state index in [2.05, 4.69) is 35.2 Å². The molecule has 2 heterocycles. The van der Waals surface area contributed by atoms with Crippen LogP contribution in [0.4, 0.5) is 5.69 Å². The highest BCUT2D eigenvalue weighted by Gasteiger charge is 2.23. The number of carbonyl (C=O) groups is 1. The monoisotopic (exact) mass is 397 g/mol. The van der Waals surface area contributed by atoms with Crippen LogP contribution in [0.25, 0.3) is 10.2 Å².